The van der Waals surface area contributed by atoms with E-state index in [9.17, 15) is 0 Å². The molecule has 0 aliphatic heterocycles. The maximum atomic E-state index is 5.63. The maximum Gasteiger partial charge on any atom is 0.261 e. The Kier molecular flexibility index (Phi) is 3.53. The molecule has 0 saturated heterocycles. The number of nitrogens with zero attached hydrogens (tertiary/aromatic N) is 1. The predicted molar refractivity (Wildman–Crippen MR) is 53.3 cm³/mol. The summed E-state index contributed by atoms with van der Waals surface area (Å²) < 4.78 is 4.71. The number of pyridine rings is 1. The fourth-order valence-corrected chi connectivity index (χ4v) is 1.12. The summed E-state index contributed by atoms with van der Waals surface area (Å²) in [6.07, 6.45) is 0. The smallest absolute Gasteiger partial charge is 0.261 e. The van der Waals surface area contributed by atoms with Gasteiger partial charge in [-0.1, -0.05) is 23.2 Å². The zero-order chi connectivity index (χ0) is 9.14. The topological polar surface area (TPSA) is 22.1 Å². The number of rotatable bonds is 1. The molecule has 0 saturated carbocycles. The standard InChI is InChI=1S/C6H2Cl3NOS/c7-4-2-1-3(5(8)10-4)11-6(9)12/h1-2H. The SMILES string of the molecule is S=C(Cl)Oc1ccc(Cl)nc1Cl. The number of aromatic nitrogens is 1. The Morgan fingerprint density at radius 2 is 2.08 bits per heavy atom. The molecule has 1 heterocycles. The maximum absolute atomic E-state index is 5.63. The number of halogens is 3. The lowest BCUT2D eigenvalue weighted by atomic mass is 10.5. The zero-order valence-corrected chi connectivity index (χ0v) is 8.64. The van der Waals surface area contributed by atoms with Crippen LogP contribution < -0.4 is 4.74 Å². The molecule has 1 aromatic rings. The number of ether oxygens (including phenoxy) is 1. The Balaban J connectivity index is 2.93. The van der Waals surface area contributed by atoms with E-state index >= 15 is 0 Å². The van der Waals surface area contributed by atoms with Crippen molar-refractivity contribution in [3.05, 3.63) is 22.4 Å². The van der Waals surface area contributed by atoms with Gasteiger partial charge in [0, 0.05) is 0 Å². The van der Waals surface area contributed by atoms with Crippen molar-refractivity contribution >= 4 is 51.5 Å². The second-order valence-electron chi connectivity index (χ2n) is 1.76. The fourth-order valence-electron chi connectivity index (χ4n) is 0.562. The zero-order valence-electron chi connectivity index (χ0n) is 5.55. The summed E-state index contributed by atoms with van der Waals surface area (Å²) in [4.78, 5) is 3.71. The molecule has 0 amide bonds. The second-order valence-corrected chi connectivity index (χ2v) is 3.45. The first-order valence-electron chi connectivity index (χ1n) is 2.79. The minimum absolute atomic E-state index is 0.130. The average Bonchev–Trinajstić information content (AvgIpc) is 1.94. The van der Waals surface area contributed by atoms with E-state index in [1.165, 1.54) is 12.1 Å². The van der Waals surface area contributed by atoms with Crippen LogP contribution in [0.2, 0.25) is 10.3 Å². The van der Waals surface area contributed by atoms with Crippen LogP contribution in [0.3, 0.4) is 0 Å². The van der Waals surface area contributed by atoms with Crippen LogP contribution in [-0.4, -0.2) is 9.49 Å². The highest BCUT2D eigenvalue weighted by molar-refractivity contribution is 7.82. The Labute approximate surface area is 89.4 Å². The molecule has 0 aromatic carbocycles. The highest BCUT2D eigenvalue weighted by atomic mass is 35.5. The van der Waals surface area contributed by atoms with E-state index in [2.05, 4.69) is 17.2 Å². The van der Waals surface area contributed by atoms with Gasteiger partial charge >= 0.3 is 0 Å². The van der Waals surface area contributed by atoms with Gasteiger partial charge in [0.1, 0.15) is 5.15 Å². The normalized spacial score (nSPS) is 9.58. The molecule has 6 heteroatoms. The highest BCUT2D eigenvalue weighted by Crippen LogP contribution is 2.24. The van der Waals surface area contributed by atoms with Crippen LogP contribution in [0.1, 0.15) is 0 Å². The Hall–Kier alpha value is -0.0900. The molecule has 0 aliphatic rings. The molecule has 12 heavy (non-hydrogen) atoms. The molecule has 0 N–H and O–H groups in total. The van der Waals surface area contributed by atoms with Crippen molar-refractivity contribution in [1.82, 2.24) is 4.98 Å². The van der Waals surface area contributed by atoms with Gasteiger partial charge < -0.3 is 4.74 Å². The third kappa shape index (κ3) is 2.75. The molecule has 0 spiro atoms. The van der Waals surface area contributed by atoms with E-state index in [1.54, 1.807) is 0 Å². The summed E-state index contributed by atoms with van der Waals surface area (Å²) in [5.41, 5.74) is 0. The number of thiocarbonyl (C=S) groups is 1. The summed E-state index contributed by atoms with van der Waals surface area (Å²) >= 11 is 21.0. The lowest BCUT2D eigenvalue weighted by Crippen LogP contribution is -1.97. The van der Waals surface area contributed by atoms with Crippen LogP contribution in [0.15, 0.2) is 12.1 Å². The van der Waals surface area contributed by atoms with Gasteiger partial charge in [0.2, 0.25) is 0 Å². The third-order valence-corrected chi connectivity index (χ3v) is 1.61. The van der Waals surface area contributed by atoms with Gasteiger partial charge in [-0.25, -0.2) is 4.98 Å². The fraction of sp³-hybridized carbons (Fsp3) is 0. The van der Waals surface area contributed by atoms with Gasteiger partial charge in [0.25, 0.3) is 4.51 Å². The van der Waals surface area contributed by atoms with Crippen molar-refractivity contribution in [2.24, 2.45) is 0 Å². The molecule has 2 nitrogen and oxygen atoms in total. The summed E-state index contributed by atoms with van der Waals surface area (Å²) in [5, 5.41) is 0.415. The first-order valence-corrected chi connectivity index (χ1v) is 4.33. The highest BCUT2D eigenvalue weighted by Gasteiger charge is 2.04. The van der Waals surface area contributed by atoms with Crippen LogP contribution in [0, 0.1) is 0 Å². The lowest BCUT2D eigenvalue weighted by molar-refractivity contribution is 0.574. The van der Waals surface area contributed by atoms with Crippen molar-refractivity contribution in [2.45, 2.75) is 0 Å². The number of hydrogen-bond acceptors (Lipinski definition) is 3. The molecular weight excluding hydrogens is 240 g/mol. The average molecular weight is 243 g/mol. The molecule has 1 aromatic heterocycles. The Bertz CT molecular complexity index is 318. The van der Waals surface area contributed by atoms with Crippen LogP contribution in [-0.2, 0) is 0 Å². The van der Waals surface area contributed by atoms with Crippen LogP contribution in [0.5, 0.6) is 5.75 Å². The first-order chi connectivity index (χ1) is 5.59. The monoisotopic (exact) mass is 241 g/mol. The molecule has 0 bridgehead atoms. The van der Waals surface area contributed by atoms with E-state index in [-0.39, 0.29) is 14.8 Å². The molecule has 0 unspecified atom stereocenters. The van der Waals surface area contributed by atoms with Crippen LogP contribution in [0.4, 0.5) is 0 Å². The molecule has 0 fully saturated rings. The number of hydrogen-bond donors (Lipinski definition) is 0. The van der Waals surface area contributed by atoms with Gasteiger partial charge in [-0.2, -0.15) is 0 Å². The van der Waals surface area contributed by atoms with Crippen molar-refractivity contribution in [2.75, 3.05) is 0 Å². The van der Waals surface area contributed by atoms with Gasteiger partial charge in [-0.05, 0) is 36.0 Å². The molecule has 64 valence electrons. The Morgan fingerprint density at radius 1 is 1.42 bits per heavy atom. The van der Waals surface area contributed by atoms with E-state index in [4.69, 9.17) is 39.5 Å². The summed E-state index contributed by atoms with van der Waals surface area (Å²) in [7, 11) is 0. The van der Waals surface area contributed by atoms with E-state index in [1.807, 2.05) is 0 Å². The van der Waals surface area contributed by atoms with Gasteiger partial charge in [-0.3, -0.25) is 0 Å². The predicted octanol–water partition coefficient (Wildman–Crippen LogP) is 3.29. The lowest BCUT2D eigenvalue weighted by Gasteiger charge is -2.02. The first kappa shape index (κ1) is 9.99. The molecule has 0 atom stereocenters. The second kappa shape index (κ2) is 4.23. The van der Waals surface area contributed by atoms with Crippen molar-refractivity contribution in [3.8, 4) is 5.75 Å². The summed E-state index contributed by atoms with van der Waals surface area (Å²) in [6.45, 7) is 0. The van der Waals surface area contributed by atoms with Crippen molar-refractivity contribution in [3.63, 3.8) is 0 Å². The summed E-state index contributed by atoms with van der Waals surface area (Å²) in [5.74, 6) is 0.293. The van der Waals surface area contributed by atoms with Crippen LogP contribution >= 0.6 is 47.0 Å². The van der Waals surface area contributed by atoms with Crippen molar-refractivity contribution in [1.29, 1.82) is 0 Å². The third-order valence-electron chi connectivity index (χ3n) is 0.971. The van der Waals surface area contributed by atoms with Crippen molar-refractivity contribution < 1.29 is 4.74 Å². The summed E-state index contributed by atoms with van der Waals surface area (Å²) in [6, 6.07) is 3.06. The Morgan fingerprint density at radius 3 is 2.58 bits per heavy atom. The van der Waals surface area contributed by atoms with Gasteiger partial charge in [0.15, 0.2) is 10.9 Å². The van der Waals surface area contributed by atoms with Gasteiger partial charge in [0.05, 0.1) is 0 Å². The van der Waals surface area contributed by atoms with E-state index in [0.717, 1.165) is 0 Å². The minimum Gasteiger partial charge on any atom is -0.432 e. The minimum atomic E-state index is -0.138. The molecule has 1 rings (SSSR count). The van der Waals surface area contributed by atoms with E-state index in [0.29, 0.717) is 5.75 Å². The largest absolute Gasteiger partial charge is 0.432 e. The molecule has 0 radical (unpaired) electrons. The quantitative estimate of drug-likeness (QED) is 0.429. The van der Waals surface area contributed by atoms with Gasteiger partial charge in [-0.15, -0.1) is 0 Å². The molecule has 0 aliphatic carbocycles. The van der Waals surface area contributed by atoms with Crippen LogP contribution in [0.25, 0.3) is 0 Å². The molecular formula is C6H2Cl3NOS. The van der Waals surface area contributed by atoms with E-state index < -0.39 is 0 Å².